The highest BCUT2D eigenvalue weighted by Crippen LogP contribution is 2.31. The summed E-state index contributed by atoms with van der Waals surface area (Å²) in [5, 5.41) is 0.519. The number of nitrogens with zero attached hydrogens (tertiary/aromatic N) is 2. The zero-order chi connectivity index (χ0) is 18.6. The van der Waals surface area contributed by atoms with Gasteiger partial charge in [0, 0.05) is 11.1 Å². The lowest BCUT2D eigenvalue weighted by atomic mass is 10.3. The normalized spacial score (nSPS) is 11.8. The molecule has 0 heterocycles. The number of nitrogens with two attached hydrogens (primary N) is 3. The van der Waals surface area contributed by atoms with E-state index in [-0.39, 0.29) is 23.4 Å². The maximum atomic E-state index is 11.6. The molecule has 0 aliphatic rings. The van der Waals surface area contributed by atoms with E-state index in [2.05, 4.69) is 9.98 Å². The molecule has 0 saturated heterocycles. The third kappa shape index (κ3) is 5.35. The molecule has 2 aromatic carbocycles. The number of halogens is 1. The maximum absolute atomic E-state index is 11.6. The summed E-state index contributed by atoms with van der Waals surface area (Å²) in [7, 11) is -4.60. The van der Waals surface area contributed by atoms with Gasteiger partial charge in [-0.25, -0.2) is 4.99 Å². The number of guanidine groups is 2. The molecule has 0 unspecified atom stereocenters. The van der Waals surface area contributed by atoms with Crippen molar-refractivity contribution in [2.24, 2.45) is 27.2 Å². The monoisotopic (exact) mass is 383 g/mol. The van der Waals surface area contributed by atoms with E-state index < -0.39 is 15.0 Å². The van der Waals surface area contributed by atoms with E-state index in [1.165, 1.54) is 12.1 Å². The largest absolute Gasteiger partial charge is 0.457 e. The standard InChI is InChI=1S/C14H14ClN5O4S/c15-8-1-3-9(4-2-8)24-10-5-6-11(12(7-10)25(21,22)23)19-14(18)20-13(16)17/h1-7H,(H,21,22,23)(H6,16,17,18,19,20). The van der Waals surface area contributed by atoms with Crippen molar-refractivity contribution in [3.63, 3.8) is 0 Å². The topological polar surface area (TPSA) is 166 Å². The SMILES string of the molecule is NC(N)=NC(N)=Nc1ccc(Oc2ccc(Cl)cc2)cc1S(=O)(=O)O. The molecular weight excluding hydrogens is 370 g/mol. The number of hydrogen-bond donors (Lipinski definition) is 4. The summed E-state index contributed by atoms with van der Waals surface area (Å²) in [5.74, 6) is -0.162. The van der Waals surface area contributed by atoms with Gasteiger partial charge in [-0.1, -0.05) is 11.6 Å². The molecule has 7 N–H and O–H groups in total. The van der Waals surface area contributed by atoms with Crippen molar-refractivity contribution >= 4 is 39.3 Å². The van der Waals surface area contributed by atoms with Crippen LogP contribution >= 0.6 is 11.6 Å². The third-order valence-electron chi connectivity index (χ3n) is 2.74. The molecule has 0 saturated carbocycles. The lowest BCUT2D eigenvalue weighted by molar-refractivity contribution is 0.472. The molecule has 2 aromatic rings. The highest BCUT2D eigenvalue weighted by atomic mass is 35.5. The summed E-state index contributed by atoms with van der Waals surface area (Å²) in [6.07, 6.45) is 0. The fraction of sp³-hybridized carbons (Fsp3) is 0. The van der Waals surface area contributed by atoms with E-state index in [4.69, 9.17) is 33.5 Å². The van der Waals surface area contributed by atoms with Crippen molar-refractivity contribution in [1.82, 2.24) is 0 Å². The zero-order valence-electron chi connectivity index (χ0n) is 12.6. The average Bonchev–Trinajstić information content (AvgIpc) is 2.49. The molecule has 0 atom stereocenters. The second kappa shape index (κ2) is 7.38. The van der Waals surface area contributed by atoms with Gasteiger partial charge in [-0.2, -0.15) is 13.4 Å². The third-order valence-corrected chi connectivity index (χ3v) is 3.87. The Morgan fingerprint density at radius 2 is 1.64 bits per heavy atom. The molecular formula is C14H14ClN5O4S. The number of rotatable bonds is 4. The highest BCUT2D eigenvalue weighted by molar-refractivity contribution is 7.86. The predicted octanol–water partition coefficient (Wildman–Crippen LogP) is 1.60. The van der Waals surface area contributed by atoms with Crippen LogP contribution in [0.1, 0.15) is 0 Å². The summed E-state index contributed by atoms with van der Waals surface area (Å²) in [5.41, 5.74) is 15.6. The van der Waals surface area contributed by atoms with Crippen molar-refractivity contribution in [2.45, 2.75) is 4.90 Å². The quantitative estimate of drug-likeness (QED) is 0.353. The van der Waals surface area contributed by atoms with Gasteiger partial charge in [-0.15, -0.1) is 0 Å². The molecule has 132 valence electrons. The van der Waals surface area contributed by atoms with Crippen molar-refractivity contribution in [2.75, 3.05) is 0 Å². The molecule has 0 spiro atoms. The Kier molecular flexibility index (Phi) is 5.47. The van der Waals surface area contributed by atoms with Crippen LogP contribution in [0.4, 0.5) is 5.69 Å². The second-order valence-electron chi connectivity index (χ2n) is 4.67. The Labute approximate surface area is 148 Å². The van der Waals surface area contributed by atoms with Crippen LogP contribution in [-0.4, -0.2) is 24.9 Å². The van der Waals surface area contributed by atoms with Gasteiger partial charge < -0.3 is 21.9 Å². The van der Waals surface area contributed by atoms with E-state index >= 15 is 0 Å². The molecule has 25 heavy (non-hydrogen) atoms. The van der Waals surface area contributed by atoms with Gasteiger partial charge in [0.05, 0.1) is 5.69 Å². The molecule has 0 amide bonds. The fourth-order valence-electron chi connectivity index (χ4n) is 1.78. The Balaban J connectivity index is 2.44. The highest BCUT2D eigenvalue weighted by Gasteiger charge is 2.17. The molecule has 2 rings (SSSR count). The van der Waals surface area contributed by atoms with Crippen molar-refractivity contribution in [3.05, 3.63) is 47.5 Å². The first-order valence-electron chi connectivity index (χ1n) is 6.64. The molecule has 0 aromatic heterocycles. The first-order valence-corrected chi connectivity index (χ1v) is 8.46. The molecule has 0 aliphatic heterocycles. The first kappa shape index (κ1) is 18.5. The smallest absolute Gasteiger partial charge is 0.296 e. The molecule has 9 nitrogen and oxygen atoms in total. The van der Waals surface area contributed by atoms with Crippen LogP contribution < -0.4 is 21.9 Å². The number of aliphatic imine (C=N–C) groups is 2. The van der Waals surface area contributed by atoms with Crippen LogP contribution in [0.15, 0.2) is 57.3 Å². The summed E-state index contributed by atoms with van der Waals surface area (Å²) in [4.78, 5) is 6.71. The van der Waals surface area contributed by atoms with Gasteiger partial charge in [-0.05, 0) is 36.4 Å². The fourth-order valence-corrected chi connectivity index (χ4v) is 2.55. The van der Waals surface area contributed by atoms with Gasteiger partial charge in [0.2, 0.25) is 5.96 Å². The molecule has 0 radical (unpaired) electrons. The summed E-state index contributed by atoms with van der Waals surface area (Å²) in [6, 6.07) is 10.2. The van der Waals surface area contributed by atoms with Crippen LogP contribution in [0.5, 0.6) is 11.5 Å². The molecule has 0 aliphatic carbocycles. The van der Waals surface area contributed by atoms with Gasteiger partial charge in [0.25, 0.3) is 10.1 Å². The number of benzene rings is 2. The minimum absolute atomic E-state index is 0.148. The maximum Gasteiger partial charge on any atom is 0.296 e. The molecule has 0 bridgehead atoms. The first-order chi connectivity index (χ1) is 11.6. The summed E-state index contributed by atoms with van der Waals surface area (Å²) < 4.78 is 38.1. The summed E-state index contributed by atoms with van der Waals surface area (Å²) in [6.45, 7) is 0. The molecule has 11 heteroatoms. The second-order valence-corrected chi connectivity index (χ2v) is 6.49. The molecule has 0 fully saturated rings. The van der Waals surface area contributed by atoms with Crippen LogP contribution in [0.2, 0.25) is 5.02 Å². The Hall–Kier alpha value is -2.82. The minimum Gasteiger partial charge on any atom is -0.457 e. The van der Waals surface area contributed by atoms with E-state index in [0.717, 1.165) is 6.07 Å². The van der Waals surface area contributed by atoms with Crippen molar-refractivity contribution in [1.29, 1.82) is 0 Å². The van der Waals surface area contributed by atoms with Gasteiger partial charge in [-0.3, -0.25) is 4.55 Å². The number of hydrogen-bond acceptors (Lipinski definition) is 4. The number of ether oxygens (including phenoxy) is 1. The summed E-state index contributed by atoms with van der Waals surface area (Å²) >= 11 is 5.78. The van der Waals surface area contributed by atoms with Gasteiger partial charge in [0.1, 0.15) is 16.4 Å². The van der Waals surface area contributed by atoms with Crippen molar-refractivity contribution < 1.29 is 17.7 Å². The lowest BCUT2D eigenvalue weighted by Crippen LogP contribution is -2.26. The average molecular weight is 384 g/mol. The van der Waals surface area contributed by atoms with E-state index in [9.17, 15) is 13.0 Å². The Morgan fingerprint density at radius 1 is 1.04 bits per heavy atom. The van der Waals surface area contributed by atoms with E-state index in [1.54, 1.807) is 24.3 Å². The van der Waals surface area contributed by atoms with Gasteiger partial charge >= 0.3 is 0 Å². The Morgan fingerprint density at radius 3 is 2.20 bits per heavy atom. The van der Waals surface area contributed by atoms with Crippen LogP contribution in [0.3, 0.4) is 0 Å². The van der Waals surface area contributed by atoms with E-state index in [0.29, 0.717) is 10.8 Å². The van der Waals surface area contributed by atoms with Crippen LogP contribution in [0.25, 0.3) is 0 Å². The van der Waals surface area contributed by atoms with E-state index in [1.807, 2.05) is 0 Å². The zero-order valence-corrected chi connectivity index (χ0v) is 14.2. The van der Waals surface area contributed by atoms with Crippen molar-refractivity contribution in [3.8, 4) is 11.5 Å². The van der Waals surface area contributed by atoms with Crippen LogP contribution in [0, 0.1) is 0 Å². The lowest BCUT2D eigenvalue weighted by Gasteiger charge is -2.09. The Bertz CT molecular complexity index is 938. The van der Waals surface area contributed by atoms with Crippen LogP contribution in [-0.2, 0) is 10.1 Å². The van der Waals surface area contributed by atoms with Gasteiger partial charge in [0.15, 0.2) is 5.96 Å². The predicted molar refractivity (Wildman–Crippen MR) is 94.9 cm³/mol. The minimum atomic E-state index is -4.60.